The molecule has 1 aromatic carbocycles. The predicted octanol–water partition coefficient (Wildman–Crippen LogP) is 2.89. The average Bonchev–Trinajstić information content (AvgIpc) is 2.06. The van der Waals surface area contributed by atoms with E-state index in [1.807, 2.05) is 38.1 Å². The molecule has 0 radical (unpaired) electrons. The van der Waals surface area contributed by atoms with Gasteiger partial charge in [-0.3, -0.25) is 4.79 Å². The minimum Gasteiger partial charge on any atom is -0.282 e. The SMILES string of the molecule is CCSC(=O)c1ccc(C)cc1. The third kappa shape index (κ3) is 2.38. The van der Waals surface area contributed by atoms with Crippen LogP contribution < -0.4 is 0 Å². The molecule has 0 N–H and O–H groups in total. The van der Waals surface area contributed by atoms with Gasteiger partial charge < -0.3 is 0 Å². The third-order valence-electron chi connectivity index (χ3n) is 1.56. The molecule has 12 heavy (non-hydrogen) atoms. The van der Waals surface area contributed by atoms with Crippen molar-refractivity contribution in [3.63, 3.8) is 0 Å². The molecule has 0 aliphatic heterocycles. The molecule has 0 fully saturated rings. The summed E-state index contributed by atoms with van der Waals surface area (Å²) in [5.41, 5.74) is 1.99. The quantitative estimate of drug-likeness (QED) is 0.696. The largest absolute Gasteiger partial charge is 0.282 e. The van der Waals surface area contributed by atoms with Gasteiger partial charge in [0.1, 0.15) is 0 Å². The summed E-state index contributed by atoms with van der Waals surface area (Å²) in [7, 11) is 0. The maximum Gasteiger partial charge on any atom is 0.219 e. The average molecular weight is 180 g/mol. The molecule has 0 aromatic heterocycles. The highest BCUT2D eigenvalue weighted by Gasteiger charge is 2.02. The van der Waals surface area contributed by atoms with E-state index in [0.29, 0.717) is 0 Å². The smallest absolute Gasteiger partial charge is 0.219 e. The lowest BCUT2D eigenvalue weighted by Gasteiger charge is -1.98. The number of hydrogen-bond acceptors (Lipinski definition) is 2. The second-order valence-electron chi connectivity index (χ2n) is 2.59. The molecule has 64 valence electrons. The first kappa shape index (κ1) is 9.33. The zero-order chi connectivity index (χ0) is 8.97. The first-order valence-corrected chi connectivity index (χ1v) is 4.96. The molecule has 0 heterocycles. The normalized spacial score (nSPS) is 9.83. The Morgan fingerprint density at radius 2 is 1.92 bits per heavy atom. The number of thioether (sulfide) groups is 1. The maximum atomic E-state index is 11.3. The highest BCUT2D eigenvalue weighted by molar-refractivity contribution is 8.14. The fraction of sp³-hybridized carbons (Fsp3) is 0.300. The van der Waals surface area contributed by atoms with Gasteiger partial charge in [-0.25, -0.2) is 0 Å². The van der Waals surface area contributed by atoms with Crippen LogP contribution in [0.25, 0.3) is 0 Å². The van der Waals surface area contributed by atoms with Crippen LogP contribution in [0.4, 0.5) is 0 Å². The fourth-order valence-corrected chi connectivity index (χ4v) is 1.47. The maximum absolute atomic E-state index is 11.3. The number of aryl methyl sites for hydroxylation is 1. The molecule has 0 spiro atoms. The van der Waals surface area contributed by atoms with Gasteiger partial charge in [0.15, 0.2) is 0 Å². The van der Waals surface area contributed by atoms with Crippen LogP contribution in [0.5, 0.6) is 0 Å². The predicted molar refractivity (Wildman–Crippen MR) is 53.6 cm³/mol. The molecule has 0 atom stereocenters. The van der Waals surface area contributed by atoms with Crippen molar-refractivity contribution in [2.75, 3.05) is 5.75 Å². The summed E-state index contributed by atoms with van der Waals surface area (Å²) in [5, 5.41) is 0.164. The van der Waals surface area contributed by atoms with Gasteiger partial charge in [0.2, 0.25) is 5.12 Å². The molecule has 0 aliphatic rings. The summed E-state index contributed by atoms with van der Waals surface area (Å²) in [6.07, 6.45) is 0. The summed E-state index contributed by atoms with van der Waals surface area (Å²) < 4.78 is 0. The molecule has 0 bridgehead atoms. The van der Waals surface area contributed by atoms with Crippen LogP contribution >= 0.6 is 11.8 Å². The van der Waals surface area contributed by atoms with Gasteiger partial charge in [0, 0.05) is 5.56 Å². The Morgan fingerprint density at radius 1 is 1.33 bits per heavy atom. The van der Waals surface area contributed by atoms with Gasteiger partial charge >= 0.3 is 0 Å². The second-order valence-corrected chi connectivity index (χ2v) is 3.82. The summed E-state index contributed by atoms with van der Waals surface area (Å²) in [5.74, 6) is 0.840. The number of benzene rings is 1. The van der Waals surface area contributed by atoms with E-state index in [1.54, 1.807) is 0 Å². The fourth-order valence-electron chi connectivity index (χ4n) is 0.904. The Morgan fingerprint density at radius 3 is 2.42 bits per heavy atom. The van der Waals surface area contributed by atoms with Crippen LogP contribution in [-0.2, 0) is 0 Å². The lowest BCUT2D eigenvalue weighted by atomic mass is 10.2. The molecule has 1 nitrogen and oxygen atoms in total. The molecule has 0 aliphatic carbocycles. The lowest BCUT2D eigenvalue weighted by molar-refractivity contribution is 0.108. The summed E-state index contributed by atoms with van der Waals surface area (Å²) in [4.78, 5) is 11.3. The van der Waals surface area contributed by atoms with E-state index in [9.17, 15) is 4.79 Å². The van der Waals surface area contributed by atoms with Gasteiger partial charge in [0.05, 0.1) is 0 Å². The Hall–Kier alpha value is -0.760. The van der Waals surface area contributed by atoms with Crippen LogP contribution in [0.3, 0.4) is 0 Å². The van der Waals surface area contributed by atoms with Crippen molar-refractivity contribution < 1.29 is 4.79 Å². The van der Waals surface area contributed by atoms with Crippen molar-refractivity contribution in [2.24, 2.45) is 0 Å². The number of hydrogen-bond donors (Lipinski definition) is 0. The molecule has 0 unspecified atom stereocenters. The van der Waals surface area contributed by atoms with Crippen LogP contribution in [0.2, 0.25) is 0 Å². The van der Waals surface area contributed by atoms with E-state index < -0.39 is 0 Å². The Labute approximate surface area is 77.2 Å². The second kappa shape index (κ2) is 4.31. The van der Waals surface area contributed by atoms with Gasteiger partial charge in [-0.15, -0.1) is 0 Å². The Bertz CT molecular complexity index is 264. The van der Waals surface area contributed by atoms with E-state index in [0.717, 1.165) is 11.3 Å². The van der Waals surface area contributed by atoms with Gasteiger partial charge in [-0.1, -0.05) is 48.5 Å². The van der Waals surface area contributed by atoms with Gasteiger partial charge in [-0.05, 0) is 12.7 Å². The van der Waals surface area contributed by atoms with Crippen LogP contribution in [0.15, 0.2) is 24.3 Å². The molecule has 0 saturated carbocycles. The van der Waals surface area contributed by atoms with Gasteiger partial charge in [-0.2, -0.15) is 0 Å². The first-order valence-electron chi connectivity index (χ1n) is 3.98. The van der Waals surface area contributed by atoms with E-state index in [1.165, 1.54) is 17.3 Å². The molecule has 2 heteroatoms. The summed E-state index contributed by atoms with van der Waals surface area (Å²) in [6.45, 7) is 4.00. The van der Waals surface area contributed by atoms with Crippen molar-refractivity contribution in [1.82, 2.24) is 0 Å². The number of carbonyl (C=O) groups is 1. The number of carbonyl (C=O) groups excluding carboxylic acids is 1. The molecule has 0 amide bonds. The molecular formula is C10H12OS. The number of rotatable bonds is 2. The summed E-state index contributed by atoms with van der Waals surface area (Å²) >= 11 is 1.35. The summed E-state index contributed by atoms with van der Waals surface area (Å²) in [6, 6.07) is 7.67. The van der Waals surface area contributed by atoms with E-state index in [-0.39, 0.29) is 5.12 Å². The van der Waals surface area contributed by atoms with E-state index >= 15 is 0 Å². The van der Waals surface area contributed by atoms with Crippen LogP contribution in [0.1, 0.15) is 22.8 Å². The van der Waals surface area contributed by atoms with Crippen molar-refractivity contribution >= 4 is 16.9 Å². The first-order chi connectivity index (χ1) is 5.74. The zero-order valence-electron chi connectivity index (χ0n) is 7.33. The highest BCUT2D eigenvalue weighted by atomic mass is 32.2. The van der Waals surface area contributed by atoms with Crippen molar-refractivity contribution in [2.45, 2.75) is 13.8 Å². The molecular weight excluding hydrogens is 168 g/mol. The molecule has 1 rings (SSSR count). The van der Waals surface area contributed by atoms with Crippen molar-refractivity contribution in [3.8, 4) is 0 Å². The van der Waals surface area contributed by atoms with E-state index in [2.05, 4.69) is 0 Å². The standard InChI is InChI=1S/C10H12OS/c1-3-12-10(11)9-6-4-8(2)5-7-9/h4-7H,3H2,1-2H3. The highest BCUT2D eigenvalue weighted by Crippen LogP contribution is 2.12. The lowest BCUT2D eigenvalue weighted by Crippen LogP contribution is -1.92. The van der Waals surface area contributed by atoms with Crippen LogP contribution in [0, 0.1) is 6.92 Å². The molecule has 1 aromatic rings. The minimum atomic E-state index is 0.164. The van der Waals surface area contributed by atoms with Crippen LogP contribution in [-0.4, -0.2) is 10.9 Å². The Balaban J connectivity index is 2.75. The monoisotopic (exact) mass is 180 g/mol. The molecule has 0 saturated heterocycles. The third-order valence-corrected chi connectivity index (χ3v) is 2.35. The minimum absolute atomic E-state index is 0.164. The van der Waals surface area contributed by atoms with Crippen molar-refractivity contribution in [1.29, 1.82) is 0 Å². The zero-order valence-corrected chi connectivity index (χ0v) is 8.15. The van der Waals surface area contributed by atoms with Crippen molar-refractivity contribution in [3.05, 3.63) is 35.4 Å². The van der Waals surface area contributed by atoms with E-state index in [4.69, 9.17) is 0 Å². The van der Waals surface area contributed by atoms with Gasteiger partial charge in [0.25, 0.3) is 0 Å². The topological polar surface area (TPSA) is 17.1 Å². The Kier molecular flexibility index (Phi) is 3.35.